The summed E-state index contributed by atoms with van der Waals surface area (Å²) in [6.45, 7) is 2.04. The lowest BCUT2D eigenvalue weighted by molar-refractivity contribution is 0.0718. The molecule has 0 spiro atoms. The maximum atomic E-state index is 12.9. The van der Waals surface area contributed by atoms with Crippen molar-refractivity contribution in [1.82, 2.24) is 9.80 Å². The summed E-state index contributed by atoms with van der Waals surface area (Å²) in [6, 6.07) is 20.1. The van der Waals surface area contributed by atoms with Crippen molar-refractivity contribution in [2.75, 3.05) is 20.6 Å². The van der Waals surface area contributed by atoms with E-state index in [0.717, 1.165) is 42.2 Å². The van der Waals surface area contributed by atoms with Gasteiger partial charge in [-0.15, -0.1) is 0 Å². The lowest BCUT2D eigenvalue weighted by Crippen LogP contribution is -2.35. The molecule has 1 aliphatic rings. The molecule has 0 saturated heterocycles. The zero-order chi connectivity index (χ0) is 20.2. The minimum absolute atomic E-state index is 0.0554. The minimum Gasteiger partial charge on any atom is -0.463 e. The molecular weight excluding hydrogens is 360 g/mol. The van der Waals surface area contributed by atoms with Crippen LogP contribution in [0.3, 0.4) is 0 Å². The van der Waals surface area contributed by atoms with Gasteiger partial charge in [-0.25, -0.2) is 0 Å². The fourth-order valence-corrected chi connectivity index (χ4v) is 3.62. The Labute approximate surface area is 172 Å². The SMILES string of the molecule is CN(C)Cc1cc2c(o1)CN(C(=O)c1ccc(/C=C/c3ccccc3)cc1)CC2. The van der Waals surface area contributed by atoms with Gasteiger partial charge in [-0.2, -0.15) is 0 Å². The average Bonchev–Trinajstić information content (AvgIpc) is 3.13. The number of carbonyl (C=O) groups excluding carboxylic acids is 1. The predicted octanol–water partition coefficient (Wildman–Crippen LogP) is 4.71. The second-order valence-corrected chi connectivity index (χ2v) is 7.74. The van der Waals surface area contributed by atoms with Crippen LogP contribution in [0.1, 0.15) is 38.6 Å². The Balaban J connectivity index is 1.42. The number of carbonyl (C=O) groups is 1. The summed E-state index contributed by atoms with van der Waals surface area (Å²) in [4.78, 5) is 16.9. The topological polar surface area (TPSA) is 36.7 Å². The summed E-state index contributed by atoms with van der Waals surface area (Å²) in [7, 11) is 4.05. The first kappa shape index (κ1) is 19.2. The van der Waals surface area contributed by atoms with Gasteiger partial charge in [-0.05, 0) is 55.4 Å². The fraction of sp³-hybridized carbons (Fsp3) is 0.240. The van der Waals surface area contributed by atoms with Crippen LogP contribution in [0.25, 0.3) is 12.2 Å². The van der Waals surface area contributed by atoms with Crippen LogP contribution in [0.4, 0.5) is 0 Å². The Bertz CT molecular complexity index is 1000. The van der Waals surface area contributed by atoms with Crippen molar-refractivity contribution in [3.8, 4) is 0 Å². The Morgan fingerprint density at radius 1 is 1.03 bits per heavy atom. The molecule has 0 saturated carbocycles. The van der Waals surface area contributed by atoms with E-state index < -0.39 is 0 Å². The monoisotopic (exact) mass is 386 g/mol. The van der Waals surface area contributed by atoms with E-state index in [-0.39, 0.29) is 5.91 Å². The van der Waals surface area contributed by atoms with Crippen LogP contribution < -0.4 is 0 Å². The van der Waals surface area contributed by atoms with Gasteiger partial charge in [-0.1, -0.05) is 54.6 Å². The molecule has 0 radical (unpaired) electrons. The highest BCUT2D eigenvalue weighted by Gasteiger charge is 2.25. The zero-order valence-corrected chi connectivity index (χ0v) is 17.0. The van der Waals surface area contributed by atoms with Gasteiger partial charge < -0.3 is 14.2 Å². The molecule has 1 amide bonds. The zero-order valence-electron chi connectivity index (χ0n) is 17.0. The van der Waals surface area contributed by atoms with Gasteiger partial charge in [0.2, 0.25) is 0 Å². The number of hydrogen-bond acceptors (Lipinski definition) is 3. The van der Waals surface area contributed by atoms with Gasteiger partial charge in [0.15, 0.2) is 0 Å². The largest absolute Gasteiger partial charge is 0.463 e. The summed E-state index contributed by atoms with van der Waals surface area (Å²) >= 11 is 0. The standard InChI is InChI=1S/C25H26N2O2/c1-26(2)17-23-16-22-14-15-27(18-24(22)29-23)25(28)21-12-10-20(11-13-21)9-8-19-6-4-3-5-7-19/h3-13,16H,14-15,17-18H2,1-2H3/b9-8+. The van der Waals surface area contributed by atoms with E-state index in [1.54, 1.807) is 0 Å². The lowest BCUT2D eigenvalue weighted by atomic mass is 10.1. The number of fused-ring (bicyclic) bond motifs is 1. The maximum absolute atomic E-state index is 12.9. The molecule has 4 nitrogen and oxygen atoms in total. The Morgan fingerprint density at radius 3 is 2.41 bits per heavy atom. The quantitative estimate of drug-likeness (QED) is 0.596. The molecular formula is C25H26N2O2. The number of nitrogens with zero attached hydrogens (tertiary/aromatic N) is 2. The van der Waals surface area contributed by atoms with Crippen LogP contribution >= 0.6 is 0 Å². The highest BCUT2D eigenvalue weighted by atomic mass is 16.3. The first-order valence-corrected chi connectivity index (χ1v) is 9.96. The summed E-state index contributed by atoms with van der Waals surface area (Å²) in [6.07, 6.45) is 4.98. The van der Waals surface area contributed by atoms with Crippen molar-refractivity contribution >= 4 is 18.1 Å². The van der Waals surface area contributed by atoms with Crippen LogP contribution in [0.15, 0.2) is 65.1 Å². The highest BCUT2D eigenvalue weighted by Crippen LogP contribution is 2.25. The Hall–Kier alpha value is -3.11. The molecule has 29 heavy (non-hydrogen) atoms. The Kier molecular flexibility index (Phi) is 5.63. The van der Waals surface area contributed by atoms with E-state index in [1.807, 2.05) is 61.5 Å². The van der Waals surface area contributed by atoms with Crippen molar-refractivity contribution in [3.63, 3.8) is 0 Å². The van der Waals surface area contributed by atoms with Crippen molar-refractivity contribution in [3.05, 3.63) is 94.4 Å². The molecule has 0 aliphatic carbocycles. The van der Waals surface area contributed by atoms with Crippen LogP contribution in [0.5, 0.6) is 0 Å². The number of benzene rings is 2. The van der Waals surface area contributed by atoms with Gasteiger partial charge >= 0.3 is 0 Å². The van der Waals surface area contributed by atoms with Crippen LogP contribution in [-0.4, -0.2) is 36.3 Å². The summed E-state index contributed by atoms with van der Waals surface area (Å²) in [5.74, 6) is 1.94. The first-order chi connectivity index (χ1) is 14.1. The number of amides is 1. The number of rotatable bonds is 5. The molecule has 3 aromatic rings. The maximum Gasteiger partial charge on any atom is 0.254 e. The molecule has 4 rings (SSSR count). The molecule has 2 heterocycles. The van der Waals surface area contributed by atoms with Crippen molar-refractivity contribution in [2.45, 2.75) is 19.5 Å². The highest BCUT2D eigenvalue weighted by molar-refractivity contribution is 5.94. The van der Waals surface area contributed by atoms with Gasteiger partial charge in [0.1, 0.15) is 11.5 Å². The second-order valence-electron chi connectivity index (χ2n) is 7.74. The average molecular weight is 386 g/mol. The third-order valence-electron chi connectivity index (χ3n) is 5.12. The van der Waals surface area contributed by atoms with Gasteiger partial charge in [0.25, 0.3) is 5.91 Å². The summed E-state index contributed by atoms with van der Waals surface area (Å²) in [5, 5.41) is 0. The third-order valence-corrected chi connectivity index (χ3v) is 5.12. The van der Waals surface area contributed by atoms with Crippen molar-refractivity contribution < 1.29 is 9.21 Å². The van der Waals surface area contributed by atoms with Crippen LogP contribution in [0.2, 0.25) is 0 Å². The first-order valence-electron chi connectivity index (χ1n) is 9.96. The molecule has 1 aliphatic heterocycles. The third kappa shape index (κ3) is 4.66. The molecule has 0 unspecified atom stereocenters. The predicted molar refractivity (Wildman–Crippen MR) is 116 cm³/mol. The van der Waals surface area contributed by atoms with E-state index in [9.17, 15) is 4.79 Å². The molecule has 2 aromatic carbocycles. The summed E-state index contributed by atoms with van der Waals surface area (Å²) < 4.78 is 5.98. The summed E-state index contributed by atoms with van der Waals surface area (Å²) in [5.41, 5.74) is 4.17. The van der Waals surface area contributed by atoms with Gasteiger partial charge in [0, 0.05) is 12.1 Å². The fourth-order valence-electron chi connectivity index (χ4n) is 3.62. The second kappa shape index (κ2) is 8.50. The molecule has 1 aromatic heterocycles. The molecule has 4 heteroatoms. The molecule has 0 atom stereocenters. The number of furan rings is 1. The normalized spacial score (nSPS) is 13.8. The molecule has 0 N–H and O–H groups in total. The molecule has 0 bridgehead atoms. The van der Waals surface area contributed by atoms with E-state index in [0.29, 0.717) is 12.1 Å². The van der Waals surface area contributed by atoms with Gasteiger partial charge in [-0.3, -0.25) is 4.79 Å². The molecule has 0 fully saturated rings. The van der Waals surface area contributed by atoms with Crippen LogP contribution in [-0.2, 0) is 19.5 Å². The van der Waals surface area contributed by atoms with Crippen molar-refractivity contribution in [1.29, 1.82) is 0 Å². The van der Waals surface area contributed by atoms with Gasteiger partial charge in [0.05, 0.1) is 13.1 Å². The minimum atomic E-state index is 0.0554. The smallest absolute Gasteiger partial charge is 0.254 e. The molecule has 148 valence electrons. The Morgan fingerprint density at radius 2 is 1.72 bits per heavy atom. The number of hydrogen-bond donors (Lipinski definition) is 0. The van der Waals surface area contributed by atoms with E-state index >= 15 is 0 Å². The van der Waals surface area contributed by atoms with Crippen molar-refractivity contribution in [2.24, 2.45) is 0 Å². The van der Waals surface area contributed by atoms with E-state index in [2.05, 4.69) is 35.3 Å². The lowest BCUT2D eigenvalue weighted by Gasteiger charge is -2.26. The van der Waals surface area contributed by atoms with Crippen LogP contribution in [0, 0.1) is 0 Å². The van der Waals surface area contributed by atoms with E-state index in [4.69, 9.17) is 4.42 Å². The van der Waals surface area contributed by atoms with E-state index in [1.165, 1.54) is 5.56 Å².